The summed E-state index contributed by atoms with van der Waals surface area (Å²) < 4.78 is 0. The first-order chi connectivity index (χ1) is 7.77. The SMILES string of the molecule is Cc1cccnc1CC(O)c1ccccc1. The van der Waals surface area contributed by atoms with Crippen molar-refractivity contribution in [1.82, 2.24) is 4.98 Å². The molecule has 1 aromatic heterocycles. The molecule has 0 amide bonds. The van der Waals surface area contributed by atoms with E-state index in [9.17, 15) is 5.11 Å². The topological polar surface area (TPSA) is 33.1 Å². The van der Waals surface area contributed by atoms with Crippen molar-refractivity contribution < 1.29 is 5.11 Å². The molecule has 2 heteroatoms. The molecular formula is C14H15NO. The van der Waals surface area contributed by atoms with Gasteiger partial charge in [-0.1, -0.05) is 36.4 Å². The molecule has 1 aromatic carbocycles. The van der Waals surface area contributed by atoms with Gasteiger partial charge in [0.2, 0.25) is 0 Å². The molecule has 1 heterocycles. The largest absolute Gasteiger partial charge is 0.388 e. The zero-order valence-electron chi connectivity index (χ0n) is 9.30. The summed E-state index contributed by atoms with van der Waals surface area (Å²) >= 11 is 0. The van der Waals surface area contributed by atoms with Gasteiger partial charge >= 0.3 is 0 Å². The summed E-state index contributed by atoms with van der Waals surface area (Å²) in [7, 11) is 0. The van der Waals surface area contributed by atoms with Gasteiger partial charge < -0.3 is 5.11 Å². The summed E-state index contributed by atoms with van der Waals surface area (Å²) in [6.45, 7) is 2.01. The summed E-state index contributed by atoms with van der Waals surface area (Å²) in [5.74, 6) is 0. The van der Waals surface area contributed by atoms with Gasteiger partial charge in [0.25, 0.3) is 0 Å². The fraction of sp³-hybridized carbons (Fsp3) is 0.214. The number of benzene rings is 1. The Morgan fingerprint density at radius 2 is 1.88 bits per heavy atom. The molecule has 82 valence electrons. The van der Waals surface area contributed by atoms with Crippen LogP contribution in [-0.4, -0.2) is 10.1 Å². The Bertz CT molecular complexity index is 453. The zero-order valence-corrected chi connectivity index (χ0v) is 9.30. The summed E-state index contributed by atoms with van der Waals surface area (Å²) in [6, 6.07) is 13.6. The maximum atomic E-state index is 10.1. The normalized spacial score (nSPS) is 12.4. The molecule has 0 aliphatic heterocycles. The molecular weight excluding hydrogens is 198 g/mol. The van der Waals surface area contributed by atoms with E-state index in [1.165, 1.54) is 0 Å². The van der Waals surface area contributed by atoms with Crippen molar-refractivity contribution in [3.63, 3.8) is 0 Å². The van der Waals surface area contributed by atoms with Gasteiger partial charge in [0.1, 0.15) is 0 Å². The highest BCUT2D eigenvalue weighted by molar-refractivity contribution is 5.23. The Hall–Kier alpha value is -1.67. The molecule has 2 rings (SSSR count). The fourth-order valence-corrected chi connectivity index (χ4v) is 1.71. The average molecular weight is 213 g/mol. The minimum atomic E-state index is -0.477. The zero-order chi connectivity index (χ0) is 11.4. The predicted octanol–water partition coefficient (Wildman–Crippen LogP) is 2.67. The smallest absolute Gasteiger partial charge is 0.0845 e. The van der Waals surface area contributed by atoms with Crippen molar-refractivity contribution in [3.8, 4) is 0 Å². The maximum absolute atomic E-state index is 10.1. The Morgan fingerprint density at radius 3 is 2.56 bits per heavy atom. The summed E-state index contributed by atoms with van der Waals surface area (Å²) in [6.07, 6.45) is 1.85. The second-order valence-corrected chi connectivity index (χ2v) is 3.90. The minimum absolute atomic E-state index is 0.477. The molecule has 0 radical (unpaired) electrons. The number of hydrogen-bond acceptors (Lipinski definition) is 2. The predicted molar refractivity (Wildman–Crippen MR) is 64.1 cm³/mol. The van der Waals surface area contributed by atoms with Crippen LogP contribution >= 0.6 is 0 Å². The first-order valence-corrected chi connectivity index (χ1v) is 5.41. The van der Waals surface area contributed by atoms with Crippen LogP contribution in [0.4, 0.5) is 0 Å². The van der Waals surface area contributed by atoms with E-state index in [0.717, 1.165) is 16.8 Å². The number of aryl methyl sites for hydroxylation is 1. The Kier molecular flexibility index (Phi) is 3.32. The molecule has 0 saturated heterocycles. The van der Waals surface area contributed by atoms with Crippen molar-refractivity contribution in [2.24, 2.45) is 0 Å². The number of aromatic nitrogens is 1. The van der Waals surface area contributed by atoms with Crippen LogP contribution in [0.2, 0.25) is 0 Å². The molecule has 0 spiro atoms. The maximum Gasteiger partial charge on any atom is 0.0845 e. The highest BCUT2D eigenvalue weighted by atomic mass is 16.3. The third-order valence-corrected chi connectivity index (χ3v) is 2.69. The Balaban J connectivity index is 2.14. The van der Waals surface area contributed by atoms with E-state index in [2.05, 4.69) is 4.98 Å². The van der Waals surface area contributed by atoms with Crippen LogP contribution in [0.25, 0.3) is 0 Å². The molecule has 0 aliphatic carbocycles. The fourth-order valence-electron chi connectivity index (χ4n) is 1.71. The highest BCUT2D eigenvalue weighted by Gasteiger charge is 2.09. The molecule has 1 N–H and O–H groups in total. The standard InChI is InChI=1S/C14H15NO/c1-11-6-5-9-15-13(11)10-14(16)12-7-3-2-4-8-12/h2-9,14,16H,10H2,1H3. The highest BCUT2D eigenvalue weighted by Crippen LogP contribution is 2.18. The number of hydrogen-bond donors (Lipinski definition) is 1. The molecule has 2 nitrogen and oxygen atoms in total. The van der Waals surface area contributed by atoms with Crippen LogP contribution in [0, 0.1) is 6.92 Å². The van der Waals surface area contributed by atoms with Gasteiger partial charge in [-0.2, -0.15) is 0 Å². The van der Waals surface area contributed by atoms with Gasteiger partial charge in [-0.05, 0) is 24.1 Å². The first-order valence-electron chi connectivity index (χ1n) is 5.41. The number of aliphatic hydroxyl groups excluding tert-OH is 1. The molecule has 2 aromatic rings. The average Bonchev–Trinajstić information content (AvgIpc) is 2.33. The van der Waals surface area contributed by atoms with Crippen LogP contribution < -0.4 is 0 Å². The van der Waals surface area contributed by atoms with E-state index in [-0.39, 0.29) is 0 Å². The van der Waals surface area contributed by atoms with Gasteiger partial charge in [0, 0.05) is 18.3 Å². The van der Waals surface area contributed by atoms with Crippen molar-refractivity contribution >= 4 is 0 Å². The molecule has 1 atom stereocenters. The van der Waals surface area contributed by atoms with Crippen LogP contribution in [-0.2, 0) is 6.42 Å². The molecule has 0 saturated carbocycles. The van der Waals surface area contributed by atoms with Crippen molar-refractivity contribution in [1.29, 1.82) is 0 Å². The lowest BCUT2D eigenvalue weighted by Crippen LogP contribution is -2.04. The quantitative estimate of drug-likeness (QED) is 0.850. The lowest BCUT2D eigenvalue weighted by molar-refractivity contribution is 0.177. The van der Waals surface area contributed by atoms with E-state index >= 15 is 0 Å². The Labute approximate surface area is 95.6 Å². The van der Waals surface area contributed by atoms with Crippen LogP contribution in [0.3, 0.4) is 0 Å². The summed E-state index contributed by atoms with van der Waals surface area (Å²) in [5.41, 5.74) is 3.02. The monoisotopic (exact) mass is 213 g/mol. The van der Waals surface area contributed by atoms with Gasteiger partial charge in [-0.15, -0.1) is 0 Å². The molecule has 0 aliphatic rings. The van der Waals surface area contributed by atoms with E-state index in [1.807, 2.05) is 49.4 Å². The lowest BCUT2D eigenvalue weighted by Gasteiger charge is -2.11. The minimum Gasteiger partial charge on any atom is -0.388 e. The Morgan fingerprint density at radius 1 is 1.12 bits per heavy atom. The van der Waals surface area contributed by atoms with Crippen LogP contribution in [0.15, 0.2) is 48.7 Å². The molecule has 0 bridgehead atoms. The molecule has 0 fully saturated rings. The van der Waals surface area contributed by atoms with Gasteiger partial charge in [0.05, 0.1) is 6.10 Å². The van der Waals surface area contributed by atoms with E-state index in [0.29, 0.717) is 6.42 Å². The van der Waals surface area contributed by atoms with E-state index in [1.54, 1.807) is 6.20 Å². The second-order valence-electron chi connectivity index (χ2n) is 3.90. The number of nitrogens with zero attached hydrogens (tertiary/aromatic N) is 1. The number of rotatable bonds is 3. The lowest BCUT2D eigenvalue weighted by atomic mass is 10.0. The van der Waals surface area contributed by atoms with Crippen LogP contribution in [0.1, 0.15) is 22.9 Å². The van der Waals surface area contributed by atoms with E-state index in [4.69, 9.17) is 0 Å². The molecule has 1 unspecified atom stereocenters. The van der Waals surface area contributed by atoms with Crippen molar-refractivity contribution in [3.05, 3.63) is 65.5 Å². The first kappa shape index (κ1) is 10.8. The van der Waals surface area contributed by atoms with Gasteiger partial charge in [-0.3, -0.25) is 4.98 Å². The number of aliphatic hydroxyl groups is 1. The number of pyridine rings is 1. The van der Waals surface area contributed by atoms with Crippen molar-refractivity contribution in [2.45, 2.75) is 19.4 Å². The van der Waals surface area contributed by atoms with Crippen molar-refractivity contribution in [2.75, 3.05) is 0 Å². The summed E-state index contributed by atoms with van der Waals surface area (Å²) in [4.78, 5) is 4.28. The van der Waals surface area contributed by atoms with Gasteiger partial charge in [0.15, 0.2) is 0 Å². The third kappa shape index (κ3) is 2.47. The second kappa shape index (κ2) is 4.90. The van der Waals surface area contributed by atoms with Gasteiger partial charge in [-0.25, -0.2) is 0 Å². The summed E-state index contributed by atoms with van der Waals surface area (Å²) in [5, 5.41) is 10.1. The third-order valence-electron chi connectivity index (χ3n) is 2.69. The molecule has 16 heavy (non-hydrogen) atoms. The van der Waals surface area contributed by atoms with E-state index < -0.39 is 6.10 Å². The van der Waals surface area contributed by atoms with Crippen LogP contribution in [0.5, 0.6) is 0 Å².